The number of aromatic hydroxyl groups is 1. The first-order chi connectivity index (χ1) is 14.3. The molecule has 1 atom stereocenters. The number of para-hydroxylation sites is 1. The van der Waals surface area contributed by atoms with Gasteiger partial charge in [-0.3, -0.25) is 9.99 Å². The second kappa shape index (κ2) is 7.40. The van der Waals surface area contributed by atoms with Gasteiger partial charge in [0, 0.05) is 18.0 Å². The van der Waals surface area contributed by atoms with Crippen molar-refractivity contribution in [3.8, 4) is 5.75 Å². The molecule has 0 spiro atoms. The standard InChI is InChI=1S/C25H21N3O/c29-25-20(14-13-19-10-7-15-26-24(19)25)16-22-17-23(18-8-3-1-4-9-18)27-28(22)21-11-5-2-6-12-21/h1-15,22,29H,16-17H2. The van der Waals surface area contributed by atoms with Crippen LogP contribution in [0.15, 0.2) is 96.2 Å². The van der Waals surface area contributed by atoms with E-state index in [9.17, 15) is 5.11 Å². The van der Waals surface area contributed by atoms with Gasteiger partial charge in [-0.1, -0.05) is 66.7 Å². The van der Waals surface area contributed by atoms with Crippen LogP contribution in [0.2, 0.25) is 0 Å². The molecule has 1 N–H and O–H groups in total. The number of aromatic nitrogens is 1. The first-order valence-electron chi connectivity index (χ1n) is 9.82. The molecule has 0 saturated heterocycles. The van der Waals surface area contributed by atoms with Gasteiger partial charge in [0.1, 0.15) is 11.3 Å². The van der Waals surface area contributed by atoms with Crippen LogP contribution in [0.1, 0.15) is 17.5 Å². The molecule has 29 heavy (non-hydrogen) atoms. The number of hydrogen-bond donors (Lipinski definition) is 1. The number of nitrogens with zero attached hydrogens (tertiary/aromatic N) is 3. The van der Waals surface area contributed by atoms with Gasteiger partial charge in [-0.15, -0.1) is 0 Å². The normalized spacial score (nSPS) is 16.2. The lowest BCUT2D eigenvalue weighted by molar-refractivity contribution is 0.469. The smallest absolute Gasteiger partial charge is 0.145 e. The third kappa shape index (κ3) is 3.34. The topological polar surface area (TPSA) is 48.7 Å². The van der Waals surface area contributed by atoms with Gasteiger partial charge in [0.05, 0.1) is 17.4 Å². The van der Waals surface area contributed by atoms with Gasteiger partial charge in [-0.05, 0) is 35.7 Å². The molecule has 0 aliphatic carbocycles. The Morgan fingerprint density at radius 1 is 0.862 bits per heavy atom. The molecule has 1 unspecified atom stereocenters. The van der Waals surface area contributed by atoms with Crippen molar-refractivity contribution >= 4 is 22.3 Å². The fourth-order valence-corrected chi connectivity index (χ4v) is 3.97. The fraction of sp³-hybridized carbons (Fsp3) is 0.120. The second-order valence-corrected chi connectivity index (χ2v) is 7.30. The Bertz CT molecular complexity index is 1170. The number of phenols is 1. The van der Waals surface area contributed by atoms with Crippen molar-refractivity contribution in [2.45, 2.75) is 18.9 Å². The van der Waals surface area contributed by atoms with Gasteiger partial charge in [0.2, 0.25) is 0 Å². The maximum absolute atomic E-state index is 10.8. The van der Waals surface area contributed by atoms with Crippen molar-refractivity contribution in [2.75, 3.05) is 5.01 Å². The zero-order valence-corrected chi connectivity index (χ0v) is 15.9. The molecule has 142 valence electrons. The van der Waals surface area contributed by atoms with E-state index in [1.165, 1.54) is 0 Å². The summed E-state index contributed by atoms with van der Waals surface area (Å²) in [5.74, 6) is 0.268. The molecule has 0 radical (unpaired) electrons. The number of anilines is 1. The first-order valence-corrected chi connectivity index (χ1v) is 9.82. The molecule has 3 aromatic carbocycles. The molecule has 0 fully saturated rings. The maximum atomic E-state index is 10.8. The van der Waals surface area contributed by atoms with Crippen LogP contribution in [0.25, 0.3) is 10.9 Å². The minimum atomic E-state index is 0.125. The highest BCUT2D eigenvalue weighted by molar-refractivity contribution is 6.03. The third-order valence-electron chi connectivity index (χ3n) is 5.42. The zero-order valence-electron chi connectivity index (χ0n) is 15.9. The van der Waals surface area contributed by atoms with Crippen molar-refractivity contribution in [3.63, 3.8) is 0 Å². The summed E-state index contributed by atoms with van der Waals surface area (Å²) in [5.41, 5.74) is 4.81. The first kappa shape index (κ1) is 17.4. The summed E-state index contributed by atoms with van der Waals surface area (Å²) in [5, 5.41) is 18.8. The zero-order chi connectivity index (χ0) is 19.6. The van der Waals surface area contributed by atoms with E-state index in [1.54, 1.807) is 6.20 Å². The third-order valence-corrected chi connectivity index (χ3v) is 5.42. The van der Waals surface area contributed by atoms with Crippen LogP contribution in [0.4, 0.5) is 5.69 Å². The van der Waals surface area contributed by atoms with Crippen LogP contribution in [0.3, 0.4) is 0 Å². The van der Waals surface area contributed by atoms with Crippen LogP contribution in [-0.4, -0.2) is 21.8 Å². The highest BCUT2D eigenvalue weighted by Crippen LogP contribution is 2.33. The van der Waals surface area contributed by atoms with Gasteiger partial charge in [0.15, 0.2) is 0 Å². The SMILES string of the molecule is Oc1c(CC2CC(c3ccccc3)=NN2c2ccccc2)ccc2cccnc12. The van der Waals surface area contributed by atoms with Crippen LogP contribution >= 0.6 is 0 Å². The second-order valence-electron chi connectivity index (χ2n) is 7.30. The summed E-state index contributed by atoms with van der Waals surface area (Å²) >= 11 is 0. The Morgan fingerprint density at radius 3 is 2.41 bits per heavy atom. The molecule has 0 amide bonds. The van der Waals surface area contributed by atoms with Crippen molar-refractivity contribution in [1.82, 2.24) is 4.98 Å². The summed E-state index contributed by atoms with van der Waals surface area (Å²) in [7, 11) is 0. The average Bonchev–Trinajstić information content (AvgIpc) is 3.21. The number of benzene rings is 3. The molecular weight excluding hydrogens is 358 g/mol. The summed E-state index contributed by atoms with van der Waals surface area (Å²) in [6, 6.07) is 28.5. The molecule has 4 aromatic rings. The highest BCUT2D eigenvalue weighted by atomic mass is 16.3. The number of phenolic OH excluding ortho intramolecular Hbond substituents is 1. The van der Waals surface area contributed by atoms with Crippen molar-refractivity contribution in [1.29, 1.82) is 0 Å². The molecule has 0 bridgehead atoms. The molecule has 4 nitrogen and oxygen atoms in total. The summed E-state index contributed by atoms with van der Waals surface area (Å²) in [6.07, 6.45) is 3.22. The van der Waals surface area contributed by atoms with Gasteiger partial charge in [0.25, 0.3) is 0 Å². The summed E-state index contributed by atoms with van der Waals surface area (Å²) < 4.78 is 0. The Kier molecular flexibility index (Phi) is 4.45. The van der Waals surface area contributed by atoms with Gasteiger partial charge >= 0.3 is 0 Å². The Hall–Kier alpha value is -3.66. The van der Waals surface area contributed by atoms with Crippen LogP contribution in [-0.2, 0) is 6.42 Å². The predicted molar refractivity (Wildman–Crippen MR) is 117 cm³/mol. The molecule has 1 aliphatic rings. The van der Waals surface area contributed by atoms with E-state index in [1.807, 2.05) is 60.7 Å². The highest BCUT2D eigenvalue weighted by Gasteiger charge is 2.29. The molecule has 1 aliphatic heterocycles. The molecule has 5 rings (SSSR count). The van der Waals surface area contributed by atoms with Crippen molar-refractivity contribution in [2.24, 2.45) is 5.10 Å². The van der Waals surface area contributed by atoms with E-state index in [2.05, 4.69) is 34.3 Å². The summed E-state index contributed by atoms with van der Waals surface area (Å²) in [6.45, 7) is 0. The quantitative estimate of drug-likeness (QED) is 0.532. The van der Waals surface area contributed by atoms with Gasteiger partial charge in [-0.2, -0.15) is 5.10 Å². The molecule has 4 heteroatoms. The predicted octanol–water partition coefficient (Wildman–Crippen LogP) is 5.17. The lowest BCUT2D eigenvalue weighted by Crippen LogP contribution is -2.28. The average molecular weight is 379 g/mol. The Balaban J connectivity index is 1.51. The van der Waals surface area contributed by atoms with Crippen LogP contribution in [0.5, 0.6) is 5.75 Å². The number of pyridine rings is 1. The lowest BCUT2D eigenvalue weighted by Gasteiger charge is -2.24. The van der Waals surface area contributed by atoms with Gasteiger partial charge < -0.3 is 5.11 Å². The summed E-state index contributed by atoms with van der Waals surface area (Å²) in [4.78, 5) is 4.36. The largest absolute Gasteiger partial charge is 0.505 e. The van der Waals surface area contributed by atoms with E-state index >= 15 is 0 Å². The van der Waals surface area contributed by atoms with Crippen molar-refractivity contribution in [3.05, 3.63) is 102 Å². The van der Waals surface area contributed by atoms with E-state index in [0.717, 1.165) is 34.3 Å². The lowest BCUT2D eigenvalue weighted by atomic mass is 9.97. The van der Waals surface area contributed by atoms with E-state index < -0.39 is 0 Å². The fourth-order valence-electron chi connectivity index (χ4n) is 3.97. The molecule has 0 saturated carbocycles. The van der Waals surface area contributed by atoms with Crippen LogP contribution in [0, 0.1) is 0 Å². The number of hydrogen-bond acceptors (Lipinski definition) is 4. The Morgan fingerprint density at radius 2 is 1.62 bits per heavy atom. The number of hydrazone groups is 1. The molecular formula is C25H21N3O. The van der Waals surface area contributed by atoms with Gasteiger partial charge in [-0.25, -0.2) is 0 Å². The Labute approximate surface area is 169 Å². The van der Waals surface area contributed by atoms with E-state index in [4.69, 9.17) is 5.10 Å². The maximum Gasteiger partial charge on any atom is 0.145 e. The monoisotopic (exact) mass is 379 g/mol. The molecule has 1 aromatic heterocycles. The number of rotatable bonds is 4. The number of fused-ring (bicyclic) bond motifs is 1. The minimum absolute atomic E-state index is 0.125. The molecule has 2 heterocycles. The van der Waals surface area contributed by atoms with Crippen molar-refractivity contribution < 1.29 is 5.11 Å². The van der Waals surface area contributed by atoms with Crippen LogP contribution < -0.4 is 5.01 Å². The van der Waals surface area contributed by atoms with E-state index in [0.29, 0.717) is 11.9 Å². The minimum Gasteiger partial charge on any atom is -0.505 e. The van der Waals surface area contributed by atoms with E-state index in [-0.39, 0.29) is 11.8 Å².